The molecular weight excluding hydrogens is 306 g/mol. The molecule has 1 rings (SSSR count). The van der Waals surface area contributed by atoms with Gasteiger partial charge in [-0.3, -0.25) is 4.79 Å². The fourth-order valence-electron chi connectivity index (χ4n) is 2.78. The maximum atomic E-state index is 12.3. The van der Waals surface area contributed by atoms with Crippen molar-refractivity contribution >= 4 is 12.0 Å². The number of carbonyl (C=O) groups excluding carboxylic acids is 1. The zero-order valence-electron chi connectivity index (χ0n) is 15.0. The van der Waals surface area contributed by atoms with Gasteiger partial charge >= 0.3 is 12.0 Å². The molecule has 24 heavy (non-hydrogen) atoms. The van der Waals surface area contributed by atoms with E-state index < -0.39 is 5.97 Å². The third kappa shape index (κ3) is 8.53. The fraction of sp³-hybridized carbons (Fsp3) is 0.556. The van der Waals surface area contributed by atoms with Crippen molar-refractivity contribution in [1.29, 1.82) is 0 Å². The number of hydrogen-bond donors (Lipinski definition) is 3. The highest BCUT2D eigenvalue weighted by Gasteiger charge is 2.23. The normalized spacial score (nSPS) is 12.7. The number of rotatable bonds is 9. The second-order valence-electron chi connectivity index (χ2n) is 7.04. The largest absolute Gasteiger partial charge is 0.481 e. The Morgan fingerprint density at radius 2 is 1.83 bits per heavy atom. The number of urea groups is 1. The highest BCUT2D eigenvalue weighted by molar-refractivity contribution is 5.75. The fourth-order valence-corrected chi connectivity index (χ4v) is 2.78. The van der Waals surface area contributed by atoms with Gasteiger partial charge in [0.05, 0.1) is 0 Å². The standard InChI is InChI=1S/C18H29N3O3/c1-18(2,13-21(3)4)20-17(24)19-15(10-11-16(22)23)12-14-8-6-5-7-9-14/h5-9,15H,10-13H2,1-4H3,(H,22,23)(H2,19,20,24). The summed E-state index contributed by atoms with van der Waals surface area (Å²) < 4.78 is 0. The summed E-state index contributed by atoms with van der Waals surface area (Å²) in [4.78, 5) is 25.2. The van der Waals surface area contributed by atoms with Gasteiger partial charge in [0.2, 0.25) is 0 Å². The average molecular weight is 335 g/mol. The van der Waals surface area contributed by atoms with Gasteiger partial charge in [-0.1, -0.05) is 30.3 Å². The van der Waals surface area contributed by atoms with Crippen molar-refractivity contribution in [1.82, 2.24) is 15.5 Å². The van der Waals surface area contributed by atoms with Crippen LogP contribution in [-0.2, 0) is 11.2 Å². The Labute approximate surface area is 144 Å². The first-order valence-electron chi connectivity index (χ1n) is 8.17. The van der Waals surface area contributed by atoms with Crippen LogP contribution in [0.1, 0.15) is 32.3 Å². The van der Waals surface area contributed by atoms with Gasteiger partial charge in [0.15, 0.2) is 0 Å². The lowest BCUT2D eigenvalue weighted by atomic mass is 10.0. The van der Waals surface area contributed by atoms with E-state index in [2.05, 4.69) is 10.6 Å². The minimum Gasteiger partial charge on any atom is -0.481 e. The van der Waals surface area contributed by atoms with E-state index in [-0.39, 0.29) is 24.0 Å². The van der Waals surface area contributed by atoms with Crippen LogP contribution in [0.25, 0.3) is 0 Å². The van der Waals surface area contributed by atoms with Crippen molar-refractivity contribution in [2.45, 2.75) is 44.7 Å². The molecule has 6 heteroatoms. The molecule has 1 aromatic carbocycles. The summed E-state index contributed by atoms with van der Waals surface area (Å²) in [5, 5.41) is 14.8. The molecule has 0 fully saturated rings. The van der Waals surface area contributed by atoms with Gasteiger partial charge in [-0.15, -0.1) is 0 Å². The zero-order chi connectivity index (χ0) is 18.2. The smallest absolute Gasteiger partial charge is 0.315 e. The van der Waals surface area contributed by atoms with Crippen LogP contribution in [0.15, 0.2) is 30.3 Å². The number of likely N-dealkylation sites (N-methyl/N-ethyl adjacent to an activating group) is 1. The van der Waals surface area contributed by atoms with Gasteiger partial charge in [0.1, 0.15) is 0 Å². The van der Waals surface area contributed by atoms with E-state index in [4.69, 9.17) is 5.11 Å². The molecule has 1 unspecified atom stereocenters. The predicted octanol–water partition coefficient (Wildman–Crippen LogP) is 2.10. The van der Waals surface area contributed by atoms with Crippen molar-refractivity contribution in [2.24, 2.45) is 0 Å². The Morgan fingerprint density at radius 1 is 1.21 bits per heavy atom. The quantitative estimate of drug-likeness (QED) is 0.645. The molecule has 0 bridgehead atoms. The molecule has 2 amide bonds. The molecule has 0 radical (unpaired) electrons. The predicted molar refractivity (Wildman–Crippen MR) is 95.1 cm³/mol. The third-order valence-corrected chi connectivity index (χ3v) is 3.53. The molecule has 3 N–H and O–H groups in total. The number of carbonyl (C=O) groups is 2. The summed E-state index contributed by atoms with van der Waals surface area (Å²) in [5.74, 6) is -0.858. The third-order valence-electron chi connectivity index (χ3n) is 3.53. The Hall–Kier alpha value is -2.08. The van der Waals surface area contributed by atoms with Crippen LogP contribution in [0, 0.1) is 0 Å². The lowest BCUT2D eigenvalue weighted by Gasteiger charge is -2.30. The maximum absolute atomic E-state index is 12.3. The van der Waals surface area contributed by atoms with Crippen molar-refractivity contribution in [3.63, 3.8) is 0 Å². The van der Waals surface area contributed by atoms with Crippen LogP contribution in [0.2, 0.25) is 0 Å². The number of carboxylic acids is 1. The van der Waals surface area contributed by atoms with Crippen molar-refractivity contribution in [2.75, 3.05) is 20.6 Å². The lowest BCUT2D eigenvalue weighted by Crippen LogP contribution is -2.55. The first-order chi connectivity index (χ1) is 11.2. The van der Waals surface area contributed by atoms with Gasteiger partial charge in [-0.25, -0.2) is 4.79 Å². The molecule has 0 saturated carbocycles. The summed E-state index contributed by atoms with van der Waals surface area (Å²) in [5.41, 5.74) is 0.693. The highest BCUT2D eigenvalue weighted by Crippen LogP contribution is 2.09. The Bertz CT molecular complexity index is 530. The van der Waals surface area contributed by atoms with E-state index in [9.17, 15) is 9.59 Å². The van der Waals surface area contributed by atoms with E-state index in [0.29, 0.717) is 19.4 Å². The molecular formula is C18H29N3O3. The van der Waals surface area contributed by atoms with Crippen molar-refractivity contribution in [3.05, 3.63) is 35.9 Å². The van der Waals surface area contributed by atoms with Crippen molar-refractivity contribution < 1.29 is 14.7 Å². The molecule has 0 aromatic heterocycles. The van der Waals surface area contributed by atoms with Gasteiger partial charge in [-0.2, -0.15) is 0 Å². The Balaban J connectivity index is 2.65. The molecule has 0 heterocycles. The number of aliphatic carboxylic acids is 1. The molecule has 1 aromatic rings. The lowest BCUT2D eigenvalue weighted by molar-refractivity contribution is -0.137. The number of nitrogens with one attached hydrogen (secondary N) is 2. The van der Waals surface area contributed by atoms with E-state index in [0.717, 1.165) is 5.56 Å². The number of hydrogen-bond acceptors (Lipinski definition) is 3. The van der Waals surface area contributed by atoms with E-state index in [1.807, 2.05) is 63.2 Å². The molecule has 6 nitrogen and oxygen atoms in total. The minimum absolute atomic E-state index is 0.0267. The highest BCUT2D eigenvalue weighted by atomic mass is 16.4. The molecule has 0 spiro atoms. The summed E-state index contributed by atoms with van der Waals surface area (Å²) in [7, 11) is 3.90. The van der Waals surface area contributed by atoms with Gasteiger partial charge < -0.3 is 20.6 Å². The second kappa shape index (κ2) is 9.27. The first-order valence-corrected chi connectivity index (χ1v) is 8.17. The monoisotopic (exact) mass is 335 g/mol. The number of amides is 2. The van der Waals surface area contributed by atoms with E-state index in [1.54, 1.807) is 0 Å². The molecule has 0 aliphatic carbocycles. The van der Waals surface area contributed by atoms with E-state index >= 15 is 0 Å². The molecule has 134 valence electrons. The van der Waals surface area contributed by atoms with Crippen molar-refractivity contribution in [3.8, 4) is 0 Å². The van der Waals surface area contributed by atoms with Crippen LogP contribution in [-0.4, -0.2) is 54.2 Å². The number of carboxylic acid groups (broad SMARTS) is 1. The van der Waals surface area contributed by atoms with Crippen LogP contribution in [0.3, 0.4) is 0 Å². The minimum atomic E-state index is -0.858. The Kier molecular flexibility index (Phi) is 7.71. The maximum Gasteiger partial charge on any atom is 0.315 e. The van der Waals surface area contributed by atoms with Gasteiger partial charge in [-0.05, 0) is 46.3 Å². The van der Waals surface area contributed by atoms with Crippen LogP contribution in [0.4, 0.5) is 4.79 Å². The summed E-state index contributed by atoms with van der Waals surface area (Å²) in [6.07, 6.45) is 1.03. The Morgan fingerprint density at radius 3 is 2.38 bits per heavy atom. The van der Waals surface area contributed by atoms with E-state index in [1.165, 1.54) is 0 Å². The first kappa shape index (κ1) is 20.0. The van der Waals surface area contributed by atoms with Gasteiger partial charge in [0, 0.05) is 24.5 Å². The molecule has 0 saturated heterocycles. The zero-order valence-corrected chi connectivity index (χ0v) is 15.0. The summed E-state index contributed by atoms with van der Waals surface area (Å²) in [6, 6.07) is 9.26. The number of benzene rings is 1. The summed E-state index contributed by atoms with van der Waals surface area (Å²) >= 11 is 0. The van der Waals surface area contributed by atoms with Crippen LogP contribution < -0.4 is 10.6 Å². The summed E-state index contributed by atoms with van der Waals surface area (Å²) in [6.45, 7) is 4.62. The van der Waals surface area contributed by atoms with Gasteiger partial charge in [0.25, 0.3) is 0 Å². The van der Waals surface area contributed by atoms with Crippen LogP contribution >= 0.6 is 0 Å². The average Bonchev–Trinajstić information content (AvgIpc) is 2.43. The molecule has 0 aliphatic rings. The SMILES string of the molecule is CN(C)CC(C)(C)NC(=O)NC(CCC(=O)O)Cc1ccccc1. The number of nitrogens with zero attached hydrogens (tertiary/aromatic N) is 1. The second-order valence-corrected chi connectivity index (χ2v) is 7.04. The molecule has 1 atom stereocenters. The topological polar surface area (TPSA) is 81.7 Å². The molecule has 0 aliphatic heterocycles. The van der Waals surface area contributed by atoms with Crippen LogP contribution in [0.5, 0.6) is 0 Å².